The monoisotopic (exact) mass is 380 g/mol. The molecule has 0 aromatic carbocycles. The first kappa shape index (κ1) is 18.8. The quantitative estimate of drug-likeness (QED) is 0.477. The fourth-order valence-electron chi connectivity index (χ4n) is 2.19. The van der Waals surface area contributed by atoms with Gasteiger partial charge in [-0.3, -0.25) is 9.78 Å². The average Bonchev–Trinajstić information content (AvgIpc) is 2.95. The number of hydrogen-bond donors (Lipinski definition) is 1. The largest absolute Gasteiger partial charge is 0.311 e. The number of hydrogen-bond acceptors (Lipinski definition) is 5. The highest BCUT2D eigenvalue weighted by molar-refractivity contribution is 7.99. The van der Waals surface area contributed by atoms with Crippen LogP contribution < -0.4 is 9.62 Å². The predicted octanol–water partition coefficient (Wildman–Crippen LogP) is 1.22. The van der Waals surface area contributed by atoms with Crippen molar-refractivity contribution >= 4 is 38.3 Å². The summed E-state index contributed by atoms with van der Waals surface area (Å²) >= 11 is 6.15. The minimum absolute atomic E-state index is 0.152. The van der Waals surface area contributed by atoms with Crippen LogP contribution in [0.25, 0.3) is 5.69 Å². The number of carbonyl (C=O) groups excluding carboxylic acids is 1. The van der Waals surface area contributed by atoms with Crippen molar-refractivity contribution in [1.82, 2.24) is 19.5 Å². The van der Waals surface area contributed by atoms with Gasteiger partial charge in [0.1, 0.15) is 5.69 Å². The van der Waals surface area contributed by atoms with Gasteiger partial charge in [-0.25, -0.2) is 13.6 Å². The predicted molar refractivity (Wildman–Crippen MR) is 97.8 cm³/mol. The van der Waals surface area contributed by atoms with Crippen LogP contribution in [0.4, 0.5) is 5.69 Å². The molecule has 1 amide bonds. The summed E-state index contributed by atoms with van der Waals surface area (Å²) in [7, 11) is -1.18. The molecule has 0 fully saturated rings. The Kier molecular flexibility index (Phi) is 5.66. The highest BCUT2D eigenvalue weighted by atomic mass is 35.5. The topological polar surface area (TPSA) is 104 Å². The number of nitrogens with one attached hydrogen (secondary N) is 1. The molecule has 0 radical (unpaired) electrons. The summed E-state index contributed by atoms with van der Waals surface area (Å²) in [4.78, 5) is 17.9. The molecular weight excluding hydrogens is 364 g/mol. The second kappa shape index (κ2) is 7.55. The zero-order chi connectivity index (χ0) is 18.6. The lowest BCUT2D eigenvalue weighted by atomic mass is 10.2. The van der Waals surface area contributed by atoms with E-state index in [9.17, 15) is 9.00 Å². The minimum atomic E-state index is -2.74. The van der Waals surface area contributed by atoms with Gasteiger partial charge in [0.15, 0.2) is 11.3 Å². The molecular formula is C15H17ClN6O2S. The van der Waals surface area contributed by atoms with Gasteiger partial charge in [0, 0.05) is 19.5 Å². The van der Waals surface area contributed by atoms with Crippen molar-refractivity contribution in [3.05, 3.63) is 35.9 Å². The van der Waals surface area contributed by atoms with E-state index < -0.39 is 15.6 Å². The molecule has 2 unspecified atom stereocenters. The Hall–Kier alpha value is -2.57. The Morgan fingerprint density at radius 3 is 2.92 bits per heavy atom. The Bertz CT molecular complexity index is 927. The van der Waals surface area contributed by atoms with E-state index in [1.165, 1.54) is 21.2 Å². The van der Waals surface area contributed by atoms with Gasteiger partial charge in [0.05, 0.1) is 33.7 Å². The summed E-state index contributed by atoms with van der Waals surface area (Å²) in [5.41, 5.74) is 1.11. The molecule has 0 bridgehead atoms. The standard InChI is InChI=1S/C15H17ClN6O2S/c1-11(9-25(3,24)19-10-17)15(23)21(2)13-8-22(20-14(13)16)12-5-4-6-18-7-12/h4-9,11H,1-3H3,(H,19,24). The molecule has 0 aliphatic carbocycles. The maximum Gasteiger partial charge on any atom is 0.234 e. The van der Waals surface area contributed by atoms with E-state index in [1.54, 1.807) is 50.9 Å². The van der Waals surface area contributed by atoms with Gasteiger partial charge in [0.2, 0.25) is 5.91 Å². The molecule has 25 heavy (non-hydrogen) atoms. The van der Waals surface area contributed by atoms with Crippen molar-refractivity contribution in [2.24, 2.45) is 5.92 Å². The second-order valence-corrected chi connectivity index (χ2v) is 8.04. The summed E-state index contributed by atoms with van der Waals surface area (Å²) < 4.78 is 15.8. The van der Waals surface area contributed by atoms with E-state index in [2.05, 4.69) is 14.8 Å². The van der Waals surface area contributed by atoms with Gasteiger partial charge in [-0.15, -0.1) is 0 Å². The summed E-state index contributed by atoms with van der Waals surface area (Å²) in [6.07, 6.45) is 7.84. The van der Waals surface area contributed by atoms with Crippen molar-refractivity contribution in [3.63, 3.8) is 0 Å². The number of carbonyl (C=O) groups is 1. The number of amides is 1. The van der Waals surface area contributed by atoms with E-state index in [1.807, 2.05) is 0 Å². The molecule has 1 N–H and O–H groups in total. The van der Waals surface area contributed by atoms with E-state index in [4.69, 9.17) is 16.9 Å². The molecule has 132 valence electrons. The van der Waals surface area contributed by atoms with Crippen LogP contribution in [0.1, 0.15) is 6.92 Å². The lowest BCUT2D eigenvalue weighted by molar-refractivity contribution is -0.119. The second-order valence-electron chi connectivity index (χ2n) is 5.40. The van der Waals surface area contributed by atoms with Crippen molar-refractivity contribution in [2.45, 2.75) is 6.92 Å². The van der Waals surface area contributed by atoms with Crippen LogP contribution in [-0.4, -0.2) is 43.6 Å². The number of aromatic nitrogens is 3. The molecule has 2 heterocycles. The van der Waals surface area contributed by atoms with Gasteiger partial charge in [-0.2, -0.15) is 10.4 Å². The fourth-order valence-corrected chi connectivity index (χ4v) is 3.59. The Morgan fingerprint density at radius 2 is 2.32 bits per heavy atom. The summed E-state index contributed by atoms with van der Waals surface area (Å²) in [6, 6.07) is 3.56. The third kappa shape index (κ3) is 4.49. The average molecular weight is 381 g/mol. The van der Waals surface area contributed by atoms with Crippen molar-refractivity contribution in [3.8, 4) is 11.9 Å². The van der Waals surface area contributed by atoms with Crippen LogP contribution in [0, 0.1) is 17.4 Å². The molecule has 0 spiro atoms. The number of nitriles is 1. The molecule has 2 aromatic heterocycles. The Morgan fingerprint density at radius 1 is 1.60 bits per heavy atom. The molecule has 2 atom stereocenters. The summed E-state index contributed by atoms with van der Waals surface area (Å²) in [6.45, 7) is 1.60. The van der Waals surface area contributed by atoms with Crippen LogP contribution in [-0.2, 0) is 14.5 Å². The first-order valence-corrected chi connectivity index (χ1v) is 9.59. The molecule has 2 aromatic rings. The van der Waals surface area contributed by atoms with Gasteiger partial charge in [-0.1, -0.05) is 11.6 Å². The fraction of sp³-hybridized carbons (Fsp3) is 0.267. The maximum atomic E-state index is 12.6. The van der Waals surface area contributed by atoms with Crippen molar-refractivity contribution in [1.29, 1.82) is 5.26 Å². The molecule has 0 aliphatic rings. The van der Waals surface area contributed by atoms with Crippen molar-refractivity contribution < 1.29 is 9.00 Å². The molecule has 0 aliphatic heterocycles. The van der Waals surface area contributed by atoms with Crippen LogP contribution in [0.15, 0.2) is 30.7 Å². The van der Waals surface area contributed by atoms with E-state index in [0.29, 0.717) is 11.4 Å². The smallest absolute Gasteiger partial charge is 0.234 e. The Labute approximate surface area is 151 Å². The number of halogens is 1. The Balaban J connectivity index is 2.28. The first-order chi connectivity index (χ1) is 11.7. The lowest BCUT2D eigenvalue weighted by Gasteiger charge is -2.19. The highest BCUT2D eigenvalue weighted by Crippen LogP contribution is 2.25. The minimum Gasteiger partial charge on any atom is -0.311 e. The molecule has 2 rings (SSSR count). The van der Waals surface area contributed by atoms with Gasteiger partial charge < -0.3 is 4.90 Å². The summed E-state index contributed by atoms with van der Waals surface area (Å²) in [5.74, 6) is -1.02. The third-order valence-corrected chi connectivity index (χ3v) is 5.05. The first-order valence-electron chi connectivity index (χ1n) is 7.18. The van der Waals surface area contributed by atoms with Crippen LogP contribution in [0.5, 0.6) is 0 Å². The van der Waals surface area contributed by atoms with Crippen LogP contribution in [0.2, 0.25) is 5.15 Å². The van der Waals surface area contributed by atoms with Crippen LogP contribution >= 0.6 is 11.6 Å². The van der Waals surface area contributed by atoms with E-state index >= 15 is 0 Å². The zero-order valence-corrected chi connectivity index (χ0v) is 15.5. The summed E-state index contributed by atoms with van der Waals surface area (Å²) in [5, 5.41) is 14.2. The van der Waals surface area contributed by atoms with Gasteiger partial charge in [0.25, 0.3) is 0 Å². The highest BCUT2D eigenvalue weighted by Gasteiger charge is 2.22. The molecule has 10 heteroatoms. The number of nitrogens with zero attached hydrogens (tertiary/aromatic N) is 5. The lowest BCUT2D eigenvalue weighted by Crippen LogP contribution is -2.34. The van der Waals surface area contributed by atoms with E-state index in [-0.39, 0.29) is 11.1 Å². The zero-order valence-electron chi connectivity index (χ0n) is 13.9. The third-order valence-electron chi connectivity index (χ3n) is 3.36. The number of rotatable bonds is 5. The SMILES string of the molecule is CC(C=S(C)(=O)NC#N)C(=O)N(C)c1cn(-c2cccnc2)nc1Cl. The van der Waals surface area contributed by atoms with Crippen molar-refractivity contribution in [2.75, 3.05) is 18.2 Å². The van der Waals surface area contributed by atoms with Gasteiger partial charge in [-0.05, 0) is 24.4 Å². The van der Waals surface area contributed by atoms with Gasteiger partial charge >= 0.3 is 0 Å². The molecule has 0 saturated heterocycles. The van der Waals surface area contributed by atoms with Crippen LogP contribution in [0.3, 0.4) is 0 Å². The maximum absolute atomic E-state index is 12.6. The molecule has 0 saturated carbocycles. The number of anilines is 1. The van der Waals surface area contributed by atoms with E-state index in [0.717, 1.165) is 0 Å². The number of pyridine rings is 1. The molecule has 8 nitrogen and oxygen atoms in total. The normalized spacial score (nSPS) is 14.0.